The van der Waals surface area contributed by atoms with E-state index in [1.165, 1.54) is 6.07 Å². The van der Waals surface area contributed by atoms with Gasteiger partial charge in [0.2, 0.25) is 5.75 Å². The smallest absolute Gasteiger partial charge is 0.388 e. The Morgan fingerprint density at radius 2 is 1.85 bits per heavy atom. The molecule has 0 amide bonds. The SMILES string of the molecule is CC(C)[C@H](N)C(=O)Oc1cccc([N+](=O)[O-])c1[N+](=O)[O-]. The van der Waals surface area contributed by atoms with Crippen LogP contribution in [-0.2, 0) is 4.79 Å². The van der Waals surface area contributed by atoms with Gasteiger partial charge in [0.05, 0.1) is 9.85 Å². The number of nitro benzene ring substituents is 2. The molecule has 0 spiro atoms. The maximum Gasteiger partial charge on any atom is 0.388 e. The fourth-order valence-corrected chi connectivity index (χ4v) is 1.37. The molecule has 2 N–H and O–H groups in total. The van der Waals surface area contributed by atoms with E-state index in [1.807, 2.05) is 0 Å². The molecule has 108 valence electrons. The molecule has 0 radical (unpaired) electrons. The second-order valence-corrected chi connectivity index (χ2v) is 4.33. The summed E-state index contributed by atoms with van der Waals surface area (Å²) in [5.74, 6) is -1.62. The molecule has 9 nitrogen and oxygen atoms in total. The first-order valence-corrected chi connectivity index (χ1v) is 5.64. The molecular formula is C11H13N3O6. The standard InChI is InChI=1S/C11H13N3O6/c1-6(2)9(12)11(15)20-8-5-3-4-7(13(16)17)10(8)14(18)19/h3-6,9H,12H2,1-2H3/t9-/m0/s1. The maximum atomic E-state index is 11.7. The van der Waals surface area contributed by atoms with Gasteiger partial charge in [0.1, 0.15) is 6.04 Å². The van der Waals surface area contributed by atoms with Crippen LogP contribution in [0.25, 0.3) is 0 Å². The number of esters is 1. The van der Waals surface area contributed by atoms with E-state index in [0.29, 0.717) is 0 Å². The summed E-state index contributed by atoms with van der Waals surface area (Å²) >= 11 is 0. The first-order chi connectivity index (χ1) is 9.25. The minimum absolute atomic E-state index is 0.236. The number of rotatable bonds is 5. The van der Waals surface area contributed by atoms with Crippen LogP contribution in [0, 0.1) is 26.1 Å². The number of nitrogens with two attached hydrogens (primary N) is 1. The van der Waals surface area contributed by atoms with Gasteiger partial charge in [-0.2, -0.15) is 0 Å². The first-order valence-electron chi connectivity index (χ1n) is 5.64. The quantitative estimate of drug-likeness (QED) is 0.372. The summed E-state index contributed by atoms with van der Waals surface area (Å²) < 4.78 is 4.81. The van der Waals surface area contributed by atoms with Gasteiger partial charge < -0.3 is 10.5 Å². The third kappa shape index (κ3) is 3.26. The number of ether oxygens (including phenoxy) is 1. The van der Waals surface area contributed by atoms with Crippen LogP contribution in [0.1, 0.15) is 13.8 Å². The van der Waals surface area contributed by atoms with Crippen molar-refractivity contribution in [2.75, 3.05) is 0 Å². The van der Waals surface area contributed by atoms with Crippen molar-refractivity contribution in [2.45, 2.75) is 19.9 Å². The summed E-state index contributed by atoms with van der Waals surface area (Å²) in [7, 11) is 0. The van der Waals surface area contributed by atoms with Crippen molar-refractivity contribution in [3.05, 3.63) is 38.4 Å². The van der Waals surface area contributed by atoms with Gasteiger partial charge in [0.15, 0.2) is 0 Å². The van der Waals surface area contributed by atoms with Crippen LogP contribution in [-0.4, -0.2) is 21.9 Å². The van der Waals surface area contributed by atoms with E-state index >= 15 is 0 Å². The zero-order valence-corrected chi connectivity index (χ0v) is 10.8. The predicted molar refractivity (Wildman–Crippen MR) is 68.2 cm³/mol. The first kappa shape index (κ1) is 15.5. The van der Waals surface area contributed by atoms with Crippen molar-refractivity contribution >= 4 is 17.3 Å². The van der Waals surface area contributed by atoms with Crippen molar-refractivity contribution in [3.63, 3.8) is 0 Å². The van der Waals surface area contributed by atoms with E-state index in [-0.39, 0.29) is 5.92 Å². The average molecular weight is 283 g/mol. The highest BCUT2D eigenvalue weighted by molar-refractivity contribution is 5.80. The lowest BCUT2D eigenvalue weighted by Crippen LogP contribution is -2.38. The third-order valence-electron chi connectivity index (χ3n) is 2.56. The molecular weight excluding hydrogens is 270 g/mol. The lowest BCUT2D eigenvalue weighted by atomic mass is 10.1. The van der Waals surface area contributed by atoms with E-state index in [1.54, 1.807) is 13.8 Å². The number of carbonyl (C=O) groups is 1. The predicted octanol–water partition coefficient (Wildman–Crippen LogP) is 1.39. The van der Waals surface area contributed by atoms with Crippen LogP contribution in [0.15, 0.2) is 18.2 Å². The molecule has 0 aromatic heterocycles. The van der Waals surface area contributed by atoms with E-state index < -0.39 is 39.0 Å². The molecule has 0 aliphatic rings. The maximum absolute atomic E-state index is 11.7. The molecule has 20 heavy (non-hydrogen) atoms. The van der Waals surface area contributed by atoms with Crippen molar-refractivity contribution in [3.8, 4) is 5.75 Å². The second-order valence-electron chi connectivity index (χ2n) is 4.33. The van der Waals surface area contributed by atoms with Crippen molar-refractivity contribution in [2.24, 2.45) is 11.7 Å². The van der Waals surface area contributed by atoms with Gasteiger partial charge in [-0.05, 0) is 12.0 Å². The molecule has 1 aromatic rings. The molecule has 1 rings (SSSR count). The number of nitro groups is 2. The molecule has 1 atom stereocenters. The Hall–Kier alpha value is -2.55. The van der Waals surface area contributed by atoms with Gasteiger partial charge in [-0.25, -0.2) is 4.79 Å². The fourth-order valence-electron chi connectivity index (χ4n) is 1.37. The molecule has 0 unspecified atom stereocenters. The second kappa shape index (κ2) is 6.06. The van der Waals surface area contributed by atoms with Gasteiger partial charge in [-0.1, -0.05) is 19.9 Å². The molecule has 0 aliphatic carbocycles. The van der Waals surface area contributed by atoms with Gasteiger partial charge in [0.25, 0.3) is 0 Å². The lowest BCUT2D eigenvalue weighted by Gasteiger charge is -2.13. The van der Waals surface area contributed by atoms with Crippen LogP contribution in [0.4, 0.5) is 11.4 Å². The molecule has 0 heterocycles. The molecule has 0 saturated heterocycles. The Morgan fingerprint density at radius 3 is 2.30 bits per heavy atom. The van der Waals surface area contributed by atoms with E-state index in [9.17, 15) is 25.0 Å². The highest BCUT2D eigenvalue weighted by atomic mass is 16.6. The lowest BCUT2D eigenvalue weighted by molar-refractivity contribution is -0.423. The Labute approximate surface area is 113 Å². The largest absolute Gasteiger partial charge is 0.418 e. The summed E-state index contributed by atoms with van der Waals surface area (Å²) in [5.41, 5.74) is 3.93. The highest BCUT2D eigenvalue weighted by Crippen LogP contribution is 2.36. The molecule has 9 heteroatoms. The number of hydrogen-bond donors (Lipinski definition) is 1. The fraction of sp³-hybridized carbons (Fsp3) is 0.364. The number of para-hydroxylation sites is 1. The Balaban J connectivity index is 3.19. The highest BCUT2D eigenvalue weighted by Gasteiger charge is 2.31. The molecule has 0 aliphatic heterocycles. The van der Waals surface area contributed by atoms with Crippen LogP contribution >= 0.6 is 0 Å². The topological polar surface area (TPSA) is 139 Å². The molecule has 0 fully saturated rings. The monoisotopic (exact) mass is 283 g/mol. The minimum atomic E-state index is -0.978. The van der Waals surface area contributed by atoms with Crippen LogP contribution in [0.5, 0.6) is 5.75 Å². The third-order valence-corrected chi connectivity index (χ3v) is 2.56. The Morgan fingerprint density at radius 1 is 1.25 bits per heavy atom. The van der Waals surface area contributed by atoms with Crippen LogP contribution < -0.4 is 10.5 Å². The summed E-state index contributed by atoms with van der Waals surface area (Å²) in [4.78, 5) is 31.4. The molecule has 0 saturated carbocycles. The summed E-state index contributed by atoms with van der Waals surface area (Å²) in [6.45, 7) is 3.35. The van der Waals surface area contributed by atoms with E-state index in [0.717, 1.165) is 12.1 Å². The van der Waals surface area contributed by atoms with Crippen molar-refractivity contribution in [1.82, 2.24) is 0 Å². The van der Waals surface area contributed by atoms with E-state index in [2.05, 4.69) is 0 Å². The summed E-state index contributed by atoms with van der Waals surface area (Å²) in [5, 5.41) is 21.7. The van der Waals surface area contributed by atoms with E-state index in [4.69, 9.17) is 10.5 Å². The van der Waals surface area contributed by atoms with Gasteiger partial charge in [-0.15, -0.1) is 0 Å². The average Bonchev–Trinajstić information content (AvgIpc) is 2.36. The Kier molecular flexibility index (Phi) is 4.70. The van der Waals surface area contributed by atoms with Gasteiger partial charge in [0, 0.05) is 6.07 Å². The number of hydrogen-bond acceptors (Lipinski definition) is 7. The van der Waals surface area contributed by atoms with Crippen LogP contribution in [0.3, 0.4) is 0 Å². The van der Waals surface area contributed by atoms with Gasteiger partial charge in [-0.3, -0.25) is 20.2 Å². The van der Waals surface area contributed by atoms with Gasteiger partial charge >= 0.3 is 17.3 Å². The molecule has 1 aromatic carbocycles. The zero-order chi connectivity index (χ0) is 15.4. The van der Waals surface area contributed by atoms with Crippen molar-refractivity contribution < 1.29 is 19.4 Å². The minimum Gasteiger partial charge on any atom is -0.418 e. The summed E-state index contributed by atoms with van der Waals surface area (Å²) in [6.07, 6.45) is 0. The number of benzene rings is 1. The van der Waals surface area contributed by atoms with Crippen LogP contribution in [0.2, 0.25) is 0 Å². The van der Waals surface area contributed by atoms with Crippen molar-refractivity contribution in [1.29, 1.82) is 0 Å². The Bertz CT molecular complexity index is 557. The number of nitrogens with zero attached hydrogens (tertiary/aromatic N) is 2. The summed E-state index contributed by atoms with van der Waals surface area (Å²) in [6, 6.07) is 2.27. The molecule has 0 bridgehead atoms. The number of carbonyl (C=O) groups excluding carboxylic acids is 1. The zero-order valence-electron chi connectivity index (χ0n) is 10.8. The normalized spacial score (nSPS) is 12.0.